The highest BCUT2D eigenvalue weighted by molar-refractivity contribution is 9.10. The fourth-order valence-corrected chi connectivity index (χ4v) is 9.99. The van der Waals surface area contributed by atoms with Gasteiger partial charge < -0.3 is 23.6 Å². The lowest BCUT2D eigenvalue weighted by Gasteiger charge is -2.36. The van der Waals surface area contributed by atoms with Gasteiger partial charge in [-0.15, -0.1) is 0 Å². The highest BCUT2D eigenvalue weighted by Gasteiger charge is 2.39. The van der Waals surface area contributed by atoms with E-state index in [2.05, 4.69) is 35.9 Å². The number of nitrogens with zero attached hydrogens (tertiary/aromatic N) is 4. The molecule has 2 aromatic heterocycles. The summed E-state index contributed by atoms with van der Waals surface area (Å²) in [5.41, 5.74) is 3.91. The Morgan fingerprint density at radius 1 is 0.667 bits per heavy atom. The van der Waals surface area contributed by atoms with Crippen LogP contribution in [-0.4, -0.2) is 33.4 Å². The number of carbonyl (C=O) groups is 1. The Hall–Kier alpha value is -4.67. The molecule has 1 N–H and O–H groups in total. The van der Waals surface area contributed by atoms with E-state index in [9.17, 15) is 18.7 Å². The summed E-state index contributed by atoms with van der Waals surface area (Å²) in [6.07, 6.45) is 8.99. The number of hydrogen-bond acceptors (Lipinski definition) is 8. The Morgan fingerprint density at radius 2 is 1.10 bits per heavy atom. The van der Waals surface area contributed by atoms with Crippen LogP contribution in [0, 0.1) is 24.8 Å². The molecule has 4 saturated carbocycles. The van der Waals surface area contributed by atoms with E-state index in [1.165, 1.54) is 24.3 Å². The standard InChI is InChI=1S/C26H23Cl2FN2O3.C19H19Cl2NO3.C7H3BrFN/c1-30-16-7-8-19(22(29)13-16)26(32)11-9-17(10-12-26)33-14-18-24(31-34-25(18)15-5-6-15)23-20(27)3-2-4-21(23)28;20-15-2-1-3-16(21)17(15)18-14(19(25-22-18)11-4-5-11)10-24-13-8-6-12(23)7-9-13;1-10-5-2-3-6(8)7(9)4-5/h2-4,7-8,13,15,17,32H,5-6,9-12,14H2;1-3,11,13H,4-10H2;2-4H. The topological polar surface area (TPSA) is 117 Å². The number of halogens is 7. The monoisotopic (exact) mass is 1080 g/mol. The van der Waals surface area contributed by atoms with Crippen LogP contribution in [0.1, 0.15) is 117 Å². The van der Waals surface area contributed by atoms with Gasteiger partial charge in [0.25, 0.3) is 0 Å². The van der Waals surface area contributed by atoms with Crippen LogP contribution in [0.25, 0.3) is 32.2 Å². The number of aromatic nitrogens is 2. The lowest BCUT2D eigenvalue weighted by molar-refractivity contribution is -0.123. The number of benzene rings is 4. The first-order valence-corrected chi connectivity index (χ1v) is 24.9. The van der Waals surface area contributed by atoms with Gasteiger partial charge in [0.1, 0.15) is 40.3 Å². The van der Waals surface area contributed by atoms with Crippen LogP contribution >= 0.6 is 62.3 Å². The van der Waals surface area contributed by atoms with Gasteiger partial charge in [0.15, 0.2) is 11.4 Å². The van der Waals surface area contributed by atoms with Crippen molar-refractivity contribution in [2.75, 3.05) is 0 Å². The van der Waals surface area contributed by atoms with E-state index in [1.54, 1.807) is 42.5 Å². The Morgan fingerprint density at radius 3 is 1.52 bits per heavy atom. The maximum absolute atomic E-state index is 14.5. The number of hydrogen-bond donors (Lipinski definition) is 1. The molecule has 2 heterocycles. The van der Waals surface area contributed by atoms with Crippen molar-refractivity contribution in [3.63, 3.8) is 0 Å². The number of ether oxygens (including phenoxy) is 2. The van der Waals surface area contributed by atoms with Crippen LogP contribution in [0.3, 0.4) is 0 Å². The van der Waals surface area contributed by atoms with Crippen molar-refractivity contribution in [3.05, 3.63) is 160 Å². The molecule has 4 aromatic carbocycles. The predicted octanol–water partition coefficient (Wildman–Crippen LogP) is 16.3. The average molecular weight is 1080 g/mol. The SMILES string of the molecule is O=C1CCC(OCc2c(-c3c(Cl)cccc3Cl)noc2C2CC2)CC1.[C-]#[N+]c1ccc(Br)c(F)c1.[C-]#[N+]c1ccc(C2(O)CCC(OCc3c(-c4c(Cl)cccc4Cl)noc3C3CC3)CC2)c(F)c1. The summed E-state index contributed by atoms with van der Waals surface area (Å²) in [6, 6.07) is 19.2. The van der Waals surface area contributed by atoms with Crippen LogP contribution in [0.5, 0.6) is 0 Å². The fraction of sp³-hybridized carbons (Fsp3) is 0.365. The summed E-state index contributed by atoms with van der Waals surface area (Å²) in [7, 11) is 0. The van der Waals surface area contributed by atoms with Crippen molar-refractivity contribution >= 4 is 79.5 Å². The number of rotatable bonds is 11. The zero-order valence-electron chi connectivity index (χ0n) is 37.1. The zero-order chi connectivity index (χ0) is 48.8. The van der Waals surface area contributed by atoms with Gasteiger partial charge >= 0.3 is 0 Å². The van der Waals surface area contributed by atoms with Gasteiger partial charge in [-0.25, -0.2) is 18.5 Å². The molecular weight excluding hydrogens is 1040 g/mol. The molecule has 6 aromatic rings. The first-order valence-electron chi connectivity index (χ1n) is 22.6. The number of Topliss-reactive ketones (excluding diaryl/α,β-unsaturated/α-hetero) is 1. The van der Waals surface area contributed by atoms with Gasteiger partial charge in [-0.05, 0) is 117 Å². The predicted molar refractivity (Wildman–Crippen MR) is 264 cm³/mol. The molecule has 0 saturated heterocycles. The quantitative estimate of drug-likeness (QED) is 0.128. The average Bonchev–Trinajstić information content (AvgIpc) is 4.29. The van der Waals surface area contributed by atoms with Crippen LogP contribution in [0.2, 0.25) is 20.1 Å². The van der Waals surface area contributed by atoms with E-state index in [4.69, 9.17) is 78.1 Å². The third-order valence-corrected chi connectivity index (χ3v) is 14.6. The Labute approximate surface area is 426 Å². The van der Waals surface area contributed by atoms with E-state index < -0.39 is 17.2 Å². The molecule has 358 valence electrons. The van der Waals surface area contributed by atoms with E-state index >= 15 is 0 Å². The largest absolute Gasteiger partial charge is 0.385 e. The summed E-state index contributed by atoms with van der Waals surface area (Å²) in [4.78, 5) is 17.7. The van der Waals surface area contributed by atoms with E-state index in [0.717, 1.165) is 61.2 Å². The van der Waals surface area contributed by atoms with Crippen LogP contribution in [0.15, 0.2) is 86.3 Å². The van der Waals surface area contributed by atoms with Crippen LogP contribution < -0.4 is 0 Å². The minimum Gasteiger partial charge on any atom is -0.385 e. The molecule has 17 heteroatoms. The molecule has 0 unspecified atom stereocenters. The molecule has 0 amide bonds. The second-order valence-corrected chi connectivity index (χ2v) is 20.1. The van der Waals surface area contributed by atoms with Gasteiger partial charge in [-0.1, -0.05) is 93.1 Å². The molecule has 0 radical (unpaired) electrons. The van der Waals surface area contributed by atoms with Crippen LogP contribution in [-0.2, 0) is 33.1 Å². The van der Waals surface area contributed by atoms with Gasteiger partial charge in [0.05, 0.1) is 68.7 Å². The lowest BCUT2D eigenvalue weighted by Crippen LogP contribution is -2.35. The zero-order valence-corrected chi connectivity index (χ0v) is 41.7. The molecule has 0 aliphatic heterocycles. The molecular formula is C52H45BrCl4F2N4O6. The van der Waals surface area contributed by atoms with Crippen molar-refractivity contribution < 1.29 is 37.2 Å². The van der Waals surface area contributed by atoms with E-state index in [0.29, 0.717) is 122 Å². The minimum atomic E-state index is -1.27. The smallest absolute Gasteiger partial charge is 0.190 e. The number of aliphatic hydroxyl groups is 1. The van der Waals surface area contributed by atoms with Crippen molar-refractivity contribution in [1.82, 2.24) is 10.3 Å². The maximum Gasteiger partial charge on any atom is 0.190 e. The Balaban J connectivity index is 0.000000160. The van der Waals surface area contributed by atoms with Gasteiger partial charge in [-0.3, -0.25) is 4.79 Å². The van der Waals surface area contributed by atoms with Crippen LogP contribution in [0.4, 0.5) is 20.2 Å². The van der Waals surface area contributed by atoms with Crippen molar-refractivity contribution in [2.24, 2.45) is 0 Å². The molecule has 4 fully saturated rings. The summed E-state index contributed by atoms with van der Waals surface area (Å²) >= 11 is 28.6. The molecule has 69 heavy (non-hydrogen) atoms. The first kappa shape index (κ1) is 50.7. The lowest BCUT2D eigenvalue weighted by atomic mass is 9.78. The second kappa shape index (κ2) is 22.6. The molecule has 4 aliphatic carbocycles. The van der Waals surface area contributed by atoms with Crippen molar-refractivity contribution in [1.29, 1.82) is 0 Å². The highest BCUT2D eigenvalue weighted by Crippen LogP contribution is 2.48. The molecule has 0 bridgehead atoms. The summed E-state index contributed by atoms with van der Waals surface area (Å²) in [5.74, 6) is 1.84. The summed E-state index contributed by atoms with van der Waals surface area (Å²) < 4.78 is 51.2. The normalized spacial score (nSPS) is 19.2. The third-order valence-electron chi connectivity index (χ3n) is 12.7. The van der Waals surface area contributed by atoms with Gasteiger partial charge in [0.2, 0.25) is 0 Å². The molecule has 10 rings (SSSR count). The van der Waals surface area contributed by atoms with Gasteiger partial charge in [-0.2, -0.15) is 0 Å². The first-order chi connectivity index (χ1) is 33.3. The second-order valence-electron chi connectivity index (χ2n) is 17.6. The Bertz CT molecular complexity index is 2870. The Kier molecular flexibility index (Phi) is 16.6. The summed E-state index contributed by atoms with van der Waals surface area (Å²) in [6.45, 7) is 14.3. The molecule has 4 aliphatic rings. The van der Waals surface area contributed by atoms with Gasteiger partial charge in [0, 0.05) is 52.5 Å². The summed E-state index contributed by atoms with van der Waals surface area (Å²) in [5, 5.41) is 21.8. The number of ketones is 1. The molecule has 10 nitrogen and oxygen atoms in total. The maximum atomic E-state index is 14.5. The van der Waals surface area contributed by atoms with Crippen molar-refractivity contribution in [2.45, 2.75) is 120 Å². The van der Waals surface area contributed by atoms with E-state index in [1.807, 2.05) is 6.07 Å². The highest BCUT2D eigenvalue weighted by atomic mass is 79.9. The fourth-order valence-electron chi connectivity index (χ4n) is 8.59. The van der Waals surface area contributed by atoms with Crippen molar-refractivity contribution in [3.8, 4) is 22.5 Å². The third kappa shape index (κ3) is 12.3. The number of carbonyl (C=O) groups excluding carboxylic acids is 1. The van der Waals surface area contributed by atoms with E-state index in [-0.39, 0.29) is 23.5 Å². The molecule has 0 spiro atoms. The molecule has 0 atom stereocenters. The minimum absolute atomic E-state index is 0.0950.